The van der Waals surface area contributed by atoms with E-state index < -0.39 is 0 Å². The Bertz CT molecular complexity index is 610. The Morgan fingerprint density at radius 2 is 2.32 bits per heavy atom. The summed E-state index contributed by atoms with van der Waals surface area (Å²) in [6, 6.07) is 4.37. The first-order chi connectivity index (χ1) is 9.17. The lowest BCUT2D eigenvalue weighted by Crippen LogP contribution is -2.16. The summed E-state index contributed by atoms with van der Waals surface area (Å²) < 4.78 is 15.1. The zero-order chi connectivity index (χ0) is 13.8. The van der Waals surface area contributed by atoms with Crippen molar-refractivity contribution in [1.29, 1.82) is 0 Å². The number of unbranched alkanes of at least 4 members (excludes halogenated alkanes) is 1. The van der Waals surface area contributed by atoms with Gasteiger partial charge in [-0.1, -0.05) is 25.7 Å². The number of fused-ring (bicyclic) bond motifs is 1. The highest BCUT2D eigenvalue weighted by atomic mass is 19.1. The molecule has 1 atom stereocenters. The molecule has 1 aromatic heterocycles. The number of hydrogen-bond acceptors (Lipinski definition) is 2. The second-order valence-electron chi connectivity index (χ2n) is 4.64. The molecule has 19 heavy (non-hydrogen) atoms. The van der Waals surface area contributed by atoms with Crippen LogP contribution in [0, 0.1) is 18.2 Å². The third-order valence-corrected chi connectivity index (χ3v) is 3.19. The van der Waals surface area contributed by atoms with Crippen molar-refractivity contribution in [2.75, 3.05) is 0 Å². The van der Waals surface area contributed by atoms with E-state index in [0.29, 0.717) is 12.1 Å². The molecule has 0 saturated heterocycles. The maximum Gasteiger partial charge on any atom is 0.127 e. The molecule has 100 valence electrons. The van der Waals surface area contributed by atoms with Crippen LogP contribution in [0.25, 0.3) is 11.0 Å². The van der Waals surface area contributed by atoms with Gasteiger partial charge in [-0.3, -0.25) is 0 Å². The first kappa shape index (κ1) is 13.6. The second kappa shape index (κ2) is 5.85. The monoisotopic (exact) mass is 259 g/mol. The van der Waals surface area contributed by atoms with Crippen LogP contribution in [0.1, 0.15) is 38.1 Å². The molecule has 0 aliphatic heterocycles. The van der Waals surface area contributed by atoms with Crippen LogP contribution in [0.4, 0.5) is 4.39 Å². The van der Waals surface area contributed by atoms with E-state index in [4.69, 9.17) is 12.2 Å². The van der Waals surface area contributed by atoms with Gasteiger partial charge in [0.25, 0.3) is 0 Å². The van der Waals surface area contributed by atoms with Crippen molar-refractivity contribution in [3.63, 3.8) is 0 Å². The topological polar surface area (TPSA) is 43.8 Å². The van der Waals surface area contributed by atoms with Crippen LogP contribution in [-0.2, 0) is 6.54 Å². The van der Waals surface area contributed by atoms with Crippen molar-refractivity contribution in [2.45, 2.75) is 38.8 Å². The average Bonchev–Trinajstić information content (AvgIpc) is 2.74. The summed E-state index contributed by atoms with van der Waals surface area (Å²) in [7, 11) is 0. The number of terminal acetylenes is 1. The maximum absolute atomic E-state index is 13.2. The minimum atomic E-state index is -0.300. The third-order valence-electron chi connectivity index (χ3n) is 3.19. The molecule has 0 radical (unpaired) electrons. The Balaban J connectivity index is 2.46. The van der Waals surface area contributed by atoms with Crippen LogP contribution in [0.3, 0.4) is 0 Å². The summed E-state index contributed by atoms with van der Waals surface area (Å²) in [5.74, 6) is 3.04. The molecule has 2 N–H and O–H groups in total. The molecule has 0 spiro atoms. The zero-order valence-electron chi connectivity index (χ0n) is 11.1. The van der Waals surface area contributed by atoms with Gasteiger partial charge < -0.3 is 10.3 Å². The average molecular weight is 259 g/mol. The van der Waals surface area contributed by atoms with Gasteiger partial charge in [0.05, 0.1) is 23.6 Å². The predicted octanol–water partition coefficient (Wildman–Crippen LogP) is 3.00. The molecule has 0 aliphatic rings. The van der Waals surface area contributed by atoms with Crippen molar-refractivity contribution in [3.05, 3.63) is 29.8 Å². The summed E-state index contributed by atoms with van der Waals surface area (Å²) in [4.78, 5) is 4.45. The van der Waals surface area contributed by atoms with Gasteiger partial charge in [0.15, 0.2) is 0 Å². The molecule has 2 aromatic rings. The number of aromatic nitrogens is 2. The van der Waals surface area contributed by atoms with Gasteiger partial charge in [0.2, 0.25) is 0 Å². The van der Waals surface area contributed by atoms with Crippen molar-refractivity contribution < 1.29 is 4.39 Å². The molecule has 0 bridgehead atoms. The zero-order valence-corrected chi connectivity index (χ0v) is 11.1. The smallest absolute Gasteiger partial charge is 0.127 e. The molecule has 0 fully saturated rings. The van der Waals surface area contributed by atoms with Gasteiger partial charge in [-0.2, -0.15) is 0 Å². The molecule has 1 unspecified atom stereocenters. The molecule has 0 saturated carbocycles. The van der Waals surface area contributed by atoms with E-state index in [1.165, 1.54) is 12.1 Å². The number of nitrogens with zero attached hydrogens (tertiary/aromatic N) is 2. The minimum Gasteiger partial charge on any atom is -0.321 e. The number of rotatable bonds is 5. The SMILES string of the molecule is C#CCn1c(C(N)CCCC)nc2cc(F)ccc21. The molecule has 2 rings (SSSR count). The Labute approximate surface area is 112 Å². The normalized spacial score (nSPS) is 12.5. The lowest BCUT2D eigenvalue weighted by atomic mass is 10.1. The molecule has 0 aliphatic carbocycles. The Kier molecular flexibility index (Phi) is 4.18. The van der Waals surface area contributed by atoms with Crippen molar-refractivity contribution in [1.82, 2.24) is 9.55 Å². The molecule has 0 amide bonds. The standard InChI is InChI=1S/C15H18FN3/c1-3-5-6-12(17)15-18-13-10-11(16)7-8-14(13)19(15)9-4-2/h2,7-8,10,12H,3,5-6,9,17H2,1H3. The Morgan fingerprint density at radius 1 is 1.53 bits per heavy atom. The highest BCUT2D eigenvalue weighted by molar-refractivity contribution is 5.76. The van der Waals surface area contributed by atoms with Crippen LogP contribution in [-0.4, -0.2) is 9.55 Å². The molecular formula is C15H18FN3. The number of benzene rings is 1. The lowest BCUT2D eigenvalue weighted by molar-refractivity contribution is 0.555. The van der Waals surface area contributed by atoms with Crippen LogP contribution >= 0.6 is 0 Å². The van der Waals surface area contributed by atoms with E-state index in [-0.39, 0.29) is 11.9 Å². The van der Waals surface area contributed by atoms with Crippen molar-refractivity contribution in [2.24, 2.45) is 5.73 Å². The van der Waals surface area contributed by atoms with Gasteiger partial charge >= 0.3 is 0 Å². The summed E-state index contributed by atoms with van der Waals surface area (Å²) in [5, 5.41) is 0. The molecular weight excluding hydrogens is 241 g/mol. The Morgan fingerprint density at radius 3 is 3.00 bits per heavy atom. The number of hydrogen-bond donors (Lipinski definition) is 1. The molecule has 1 aromatic carbocycles. The first-order valence-corrected chi connectivity index (χ1v) is 6.52. The van der Waals surface area contributed by atoms with E-state index in [9.17, 15) is 4.39 Å². The van der Waals surface area contributed by atoms with Crippen LogP contribution in [0.15, 0.2) is 18.2 Å². The van der Waals surface area contributed by atoms with Gasteiger partial charge in [-0.25, -0.2) is 9.37 Å². The number of nitrogens with two attached hydrogens (primary N) is 1. The fourth-order valence-corrected chi connectivity index (χ4v) is 2.22. The number of imidazole rings is 1. The van der Waals surface area contributed by atoms with Crippen LogP contribution in [0.5, 0.6) is 0 Å². The maximum atomic E-state index is 13.2. The summed E-state index contributed by atoms with van der Waals surface area (Å²) in [5.41, 5.74) is 7.61. The van der Waals surface area contributed by atoms with Gasteiger partial charge in [-0.15, -0.1) is 6.42 Å². The first-order valence-electron chi connectivity index (χ1n) is 6.52. The summed E-state index contributed by atoms with van der Waals surface area (Å²) >= 11 is 0. The highest BCUT2D eigenvalue weighted by Crippen LogP contribution is 2.23. The molecule has 1 heterocycles. The molecule has 3 nitrogen and oxygen atoms in total. The van der Waals surface area contributed by atoms with E-state index in [1.807, 2.05) is 4.57 Å². The van der Waals surface area contributed by atoms with Crippen molar-refractivity contribution in [3.8, 4) is 12.3 Å². The van der Waals surface area contributed by atoms with Crippen molar-refractivity contribution >= 4 is 11.0 Å². The minimum absolute atomic E-state index is 0.163. The highest BCUT2D eigenvalue weighted by Gasteiger charge is 2.16. The fourth-order valence-electron chi connectivity index (χ4n) is 2.22. The van der Waals surface area contributed by atoms with E-state index in [2.05, 4.69) is 17.8 Å². The van der Waals surface area contributed by atoms with Gasteiger partial charge in [0.1, 0.15) is 11.6 Å². The van der Waals surface area contributed by atoms with E-state index in [0.717, 1.165) is 30.6 Å². The summed E-state index contributed by atoms with van der Waals surface area (Å²) in [6.45, 7) is 2.52. The van der Waals surface area contributed by atoms with Crippen LogP contribution < -0.4 is 5.73 Å². The van der Waals surface area contributed by atoms with E-state index >= 15 is 0 Å². The van der Waals surface area contributed by atoms with E-state index in [1.54, 1.807) is 6.07 Å². The lowest BCUT2D eigenvalue weighted by Gasteiger charge is -2.12. The molecule has 4 heteroatoms. The van der Waals surface area contributed by atoms with Gasteiger partial charge in [-0.05, 0) is 18.6 Å². The largest absolute Gasteiger partial charge is 0.321 e. The Hall–Kier alpha value is -1.86. The van der Waals surface area contributed by atoms with Gasteiger partial charge in [0, 0.05) is 6.07 Å². The second-order valence-corrected chi connectivity index (χ2v) is 4.64. The fraction of sp³-hybridized carbons (Fsp3) is 0.400. The third kappa shape index (κ3) is 2.77. The quantitative estimate of drug-likeness (QED) is 0.839. The van der Waals surface area contributed by atoms with Crippen LogP contribution in [0.2, 0.25) is 0 Å². The summed E-state index contributed by atoms with van der Waals surface area (Å²) in [6.07, 6.45) is 8.37. The predicted molar refractivity (Wildman–Crippen MR) is 75.0 cm³/mol. The number of halogens is 1.